The molecule has 0 bridgehead atoms. The van der Waals surface area contributed by atoms with E-state index < -0.39 is 28.5 Å². The van der Waals surface area contributed by atoms with Gasteiger partial charge in [0, 0.05) is 23.1 Å². The summed E-state index contributed by atoms with van der Waals surface area (Å²) in [7, 11) is -3.80. The summed E-state index contributed by atoms with van der Waals surface area (Å²) in [6, 6.07) is 11.1. The van der Waals surface area contributed by atoms with Gasteiger partial charge in [-0.05, 0) is 49.1 Å². The average Bonchev–Trinajstić information content (AvgIpc) is 2.75. The molecule has 1 unspecified atom stereocenters. The molecule has 34 heavy (non-hydrogen) atoms. The van der Waals surface area contributed by atoms with Gasteiger partial charge in [0.05, 0.1) is 11.9 Å². The second kappa shape index (κ2) is 11.9. The van der Waals surface area contributed by atoms with Gasteiger partial charge in [-0.1, -0.05) is 61.3 Å². The molecule has 2 amide bonds. The van der Waals surface area contributed by atoms with E-state index in [9.17, 15) is 18.0 Å². The lowest BCUT2D eigenvalue weighted by Crippen LogP contribution is -2.51. The van der Waals surface area contributed by atoms with E-state index in [1.807, 2.05) is 26.0 Å². The summed E-state index contributed by atoms with van der Waals surface area (Å²) in [5.41, 5.74) is 1.82. The fourth-order valence-corrected chi connectivity index (χ4v) is 4.87. The molecule has 7 nitrogen and oxygen atoms in total. The first-order valence-corrected chi connectivity index (χ1v) is 13.5. The van der Waals surface area contributed by atoms with Crippen LogP contribution in [0.25, 0.3) is 0 Å². The van der Waals surface area contributed by atoms with Crippen molar-refractivity contribution in [2.75, 3.05) is 23.7 Å². The summed E-state index contributed by atoms with van der Waals surface area (Å²) in [5.74, 6) is -0.850. The first kappa shape index (κ1) is 28.0. The van der Waals surface area contributed by atoms with Crippen molar-refractivity contribution in [2.45, 2.75) is 46.2 Å². The average molecular weight is 529 g/mol. The Morgan fingerprint density at radius 3 is 2.26 bits per heavy atom. The van der Waals surface area contributed by atoms with Gasteiger partial charge in [-0.15, -0.1) is 0 Å². The molecule has 0 heterocycles. The molecule has 0 aliphatic heterocycles. The molecule has 1 atom stereocenters. The van der Waals surface area contributed by atoms with E-state index in [1.54, 1.807) is 44.2 Å². The maximum Gasteiger partial charge on any atom is 0.244 e. The van der Waals surface area contributed by atoms with Crippen molar-refractivity contribution in [3.8, 4) is 0 Å². The van der Waals surface area contributed by atoms with Crippen LogP contribution in [0.1, 0.15) is 44.7 Å². The topological polar surface area (TPSA) is 86.8 Å². The number of carbonyl (C=O) groups is 2. The van der Waals surface area contributed by atoms with E-state index in [2.05, 4.69) is 5.32 Å². The zero-order chi connectivity index (χ0) is 25.6. The van der Waals surface area contributed by atoms with E-state index in [4.69, 9.17) is 23.2 Å². The fourth-order valence-electron chi connectivity index (χ4n) is 3.54. The molecular weight excluding hydrogens is 497 g/mol. The summed E-state index contributed by atoms with van der Waals surface area (Å²) in [6.45, 7) is 7.22. The fraction of sp³-hybridized carbons (Fsp3) is 0.417. The standard InChI is InChI=1S/C24H31Cl2N3O4S/c1-6-27-24(31)17(4)28(14-18-11-12-19(25)13-21(18)26)23(30)15-29(34(5,32)33)22-10-8-7-9-20(22)16(2)3/h7-13,16-17H,6,14-15H2,1-5H3,(H,27,31). The van der Waals surface area contributed by atoms with Crippen molar-refractivity contribution in [1.29, 1.82) is 0 Å². The van der Waals surface area contributed by atoms with Crippen molar-refractivity contribution >= 4 is 50.7 Å². The lowest BCUT2D eigenvalue weighted by atomic mass is 10.0. The van der Waals surface area contributed by atoms with Crippen LogP contribution in [-0.4, -0.2) is 50.5 Å². The highest BCUT2D eigenvalue weighted by Gasteiger charge is 2.31. The van der Waals surface area contributed by atoms with Gasteiger partial charge in [0.15, 0.2) is 0 Å². The monoisotopic (exact) mass is 527 g/mol. The highest BCUT2D eigenvalue weighted by atomic mass is 35.5. The molecule has 1 N–H and O–H groups in total. The third-order valence-electron chi connectivity index (χ3n) is 5.38. The lowest BCUT2D eigenvalue weighted by Gasteiger charge is -2.32. The number of carbonyl (C=O) groups excluding carboxylic acids is 2. The number of nitrogens with one attached hydrogen (secondary N) is 1. The predicted molar refractivity (Wildman–Crippen MR) is 138 cm³/mol. The van der Waals surface area contributed by atoms with Crippen LogP contribution in [0.2, 0.25) is 10.0 Å². The number of sulfonamides is 1. The molecule has 0 fully saturated rings. The number of benzene rings is 2. The normalized spacial score (nSPS) is 12.4. The molecule has 186 valence electrons. The summed E-state index contributed by atoms with van der Waals surface area (Å²) in [5, 5.41) is 3.50. The summed E-state index contributed by atoms with van der Waals surface area (Å²) in [4.78, 5) is 27.5. The Labute approximate surface area is 212 Å². The van der Waals surface area contributed by atoms with Crippen molar-refractivity contribution in [1.82, 2.24) is 10.2 Å². The number of halogens is 2. The van der Waals surface area contributed by atoms with Crippen LogP contribution in [0.5, 0.6) is 0 Å². The Morgan fingerprint density at radius 2 is 1.71 bits per heavy atom. The minimum atomic E-state index is -3.80. The van der Waals surface area contributed by atoms with Crippen LogP contribution < -0.4 is 9.62 Å². The molecule has 0 spiro atoms. The number of hydrogen-bond donors (Lipinski definition) is 1. The quantitative estimate of drug-likeness (QED) is 0.494. The van der Waals surface area contributed by atoms with Gasteiger partial charge in [-0.25, -0.2) is 8.42 Å². The summed E-state index contributed by atoms with van der Waals surface area (Å²) in [6.07, 6.45) is 1.06. The van der Waals surface area contributed by atoms with Gasteiger partial charge in [-0.3, -0.25) is 13.9 Å². The number of hydrogen-bond acceptors (Lipinski definition) is 4. The molecular formula is C24H31Cl2N3O4S. The smallest absolute Gasteiger partial charge is 0.244 e. The predicted octanol–water partition coefficient (Wildman–Crippen LogP) is 4.44. The van der Waals surface area contributed by atoms with Gasteiger partial charge in [-0.2, -0.15) is 0 Å². The molecule has 0 aliphatic rings. The van der Waals surface area contributed by atoms with Crippen molar-refractivity contribution in [2.24, 2.45) is 0 Å². The number of rotatable bonds is 10. The van der Waals surface area contributed by atoms with Crippen molar-refractivity contribution in [3.05, 3.63) is 63.6 Å². The molecule has 2 aromatic carbocycles. The number of amides is 2. The van der Waals surface area contributed by atoms with Gasteiger partial charge in [0.2, 0.25) is 21.8 Å². The Balaban J connectivity index is 2.48. The molecule has 2 aromatic rings. The molecule has 0 aliphatic carbocycles. The van der Waals surface area contributed by atoms with E-state index >= 15 is 0 Å². The highest BCUT2D eigenvalue weighted by Crippen LogP contribution is 2.29. The van der Waals surface area contributed by atoms with Crippen LogP contribution >= 0.6 is 23.2 Å². The first-order chi connectivity index (χ1) is 15.9. The number of anilines is 1. The highest BCUT2D eigenvalue weighted by molar-refractivity contribution is 7.92. The number of para-hydroxylation sites is 1. The molecule has 10 heteroatoms. The van der Waals surface area contributed by atoms with E-state index in [0.29, 0.717) is 27.8 Å². The Bertz CT molecular complexity index is 1140. The van der Waals surface area contributed by atoms with Crippen LogP contribution in [0.4, 0.5) is 5.69 Å². The molecule has 2 rings (SSSR count). The second-order valence-corrected chi connectivity index (χ2v) is 11.1. The third kappa shape index (κ3) is 7.10. The third-order valence-corrected chi connectivity index (χ3v) is 7.09. The van der Waals surface area contributed by atoms with Crippen LogP contribution in [-0.2, 0) is 26.2 Å². The minimum absolute atomic E-state index is 0.0105. The largest absolute Gasteiger partial charge is 0.355 e. The first-order valence-electron chi connectivity index (χ1n) is 10.9. The Kier molecular flexibility index (Phi) is 9.79. The summed E-state index contributed by atoms with van der Waals surface area (Å²) < 4.78 is 26.6. The minimum Gasteiger partial charge on any atom is -0.355 e. The maximum atomic E-state index is 13.6. The molecule has 0 radical (unpaired) electrons. The van der Waals surface area contributed by atoms with Gasteiger partial charge in [0.25, 0.3) is 0 Å². The van der Waals surface area contributed by atoms with Gasteiger partial charge >= 0.3 is 0 Å². The van der Waals surface area contributed by atoms with Crippen molar-refractivity contribution < 1.29 is 18.0 Å². The molecule has 0 aromatic heterocycles. The molecule has 0 saturated carbocycles. The van der Waals surface area contributed by atoms with Crippen LogP contribution in [0.15, 0.2) is 42.5 Å². The Morgan fingerprint density at radius 1 is 1.06 bits per heavy atom. The maximum absolute atomic E-state index is 13.6. The van der Waals surface area contributed by atoms with Crippen LogP contribution in [0, 0.1) is 0 Å². The van der Waals surface area contributed by atoms with Gasteiger partial charge < -0.3 is 10.2 Å². The lowest BCUT2D eigenvalue weighted by molar-refractivity contribution is -0.139. The van der Waals surface area contributed by atoms with Crippen molar-refractivity contribution in [3.63, 3.8) is 0 Å². The number of nitrogens with zero attached hydrogens (tertiary/aromatic N) is 2. The summed E-state index contributed by atoms with van der Waals surface area (Å²) >= 11 is 12.3. The van der Waals surface area contributed by atoms with E-state index in [-0.39, 0.29) is 18.4 Å². The van der Waals surface area contributed by atoms with E-state index in [0.717, 1.165) is 16.1 Å². The molecule has 0 saturated heterocycles. The number of likely N-dealkylation sites (N-methyl/N-ethyl adjacent to an activating group) is 1. The zero-order valence-corrected chi connectivity index (χ0v) is 22.3. The second-order valence-electron chi connectivity index (χ2n) is 8.31. The Hall–Kier alpha value is -2.29. The zero-order valence-electron chi connectivity index (χ0n) is 20.0. The SMILES string of the molecule is CCNC(=O)C(C)N(Cc1ccc(Cl)cc1Cl)C(=O)CN(c1ccccc1C(C)C)S(C)(=O)=O. The van der Waals surface area contributed by atoms with E-state index in [1.165, 1.54) is 4.90 Å². The van der Waals surface area contributed by atoms with Gasteiger partial charge in [0.1, 0.15) is 12.6 Å². The van der Waals surface area contributed by atoms with Crippen LogP contribution in [0.3, 0.4) is 0 Å².